The van der Waals surface area contributed by atoms with Crippen molar-refractivity contribution >= 4 is 26.7 Å². The van der Waals surface area contributed by atoms with Gasteiger partial charge in [0.2, 0.25) is 0 Å². The van der Waals surface area contributed by atoms with Gasteiger partial charge in [-0.25, -0.2) is 4.39 Å². The van der Waals surface area contributed by atoms with E-state index >= 15 is 0 Å². The molecule has 1 N–H and O–H groups in total. The van der Waals surface area contributed by atoms with Crippen LogP contribution in [0.5, 0.6) is 0 Å². The summed E-state index contributed by atoms with van der Waals surface area (Å²) in [4.78, 5) is 13.7. The Morgan fingerprint density at radius 2 is 2.15 bits per heavy atom. The fraction of sp³-hybridized carbons (Fsp3) is 0. The summed E-state index contributed by atoms with van der Waals surface area (Å²) in [5.74, 6) is -0.500. The number of rotatable bonds is 0. The van der Waals surface area contributed by atoms with Crippen molar-refractivity contribution in [3.05, 3.63) is 45.0 Å². The zero-order valence-corrected chi connectivity index (χ0v) is 8.06. The van der Waals surface area contributed by atoms with Gasteiger partial charge < -0.3 is 4.98 Å². The molecule has 1 heterocycles. The highest BCUT2D eigenvalue weighted by Crippen LogP contribution is 2.21. The second kappa shape index (κ2) is 2.96. The molecule has 1 aromatic carbocycles. The first-order chi connectivity index (χ1) is 6.20. The first-order valence-corrected chi connectivity index (χ1v) is 4.45. The second-order valence-corrected chi connectivity index (χ2v) is 3.48. The molecule has 0 saturated heterocycles. The summed E-state index contributed by atoms with van der Waals surface area (Å²) in [6.07, 6.45) is 1.50. The van der Waals surface area contributed by atoms with Gasteiger partial charge in [-0.05, 0) is 22.0 Å². The van der Waals surface area contributed by atoms with Gasteiger partial charge in [-0.2, -0.15) is 0 Å². The first-order valence-electron chi connectivity index (χ1n) is 3.65. The molecule has 0 aliphatic carbocycles. The number of H-pyrrole nitrogens is 1. The number of nitrogens with one attached hydrogen (secondary N) is 1. The van der Waals surface area contributed by atoms with Gasteiger partial charge in [0.1, 0.15) is 5.82 Å². The Bertz CT molecular complexity index is 520. The van der Waals surface area contributed by atoms with Gasteiger partial charge in [0.25, 0.3) is 5.56 Å². The molecule has 0 unspecified atom stereocenters. The van der Waals surface area contributed by atoms with Crippen LogP contribution in [0.1, 0.15) is 0 Å². The maximum absolute atomic E-state index is 13.2. The van der Waals surface area contributed by atoms with Crippen LogP contribution in [0.3, 0.4) is 0 Å². The zero-order valence-electron chi connectivity index (χ0n) is 6.47. The van der Waals surface area contributed by atoms with Crippen molar-refractivity contribution in [2.75, 3.05) is 0 Å². The molecule has 0 aliphatic rings. The van der Waals surface area contributed by atoms with Gasteiger partial charge >= 0.3 is 0 Å². The van der Waals surface area contributed by atoms with E-state index in [1.165, 1.54) is 12.3 Å². The van der Waals surface area contributed by atoms with Crippen LogP contribution in [0, 0.1) is 5.82 Å². The van der Waals surface area contributed by atoms with Gasteiger partial charge in [-0.1, -0.05) is 12.1 Å². The van der Waals surface area contributed by atoms with E-state index in [0.717, 1.165) is 0 Å². The number of aromatic nitrogens is 1. The highest BCUT2D eigenvalue weighted by atomic mass is 79.9. The molecule has 0 radical (unpaired) electrons. The molecule has 0 spiro atoms. The first kappa shape index (κ1) is 8.44. The molecule has 0 bridgehead atoms. The van der Waals surface area contributed by atoms with Gasteiger partial charge in [-0.3, -0.25) is 4.79 Å². The summed E-state index contributed by atoms with van der Waals surface area (Å²) >= 11 is 3.23. The molecule has 1 aromatic heterocycles. The fourth-order valence-electron chi connectivity index (χ4n) is 1.23. The van der Waals surface area contributed by atoms with Crippen LogP contribution in [0.4, 0.5) is 4.39 Å². The largest absolute Gasteiger partial charge is 0.327 e. The normalized spacial score (nSPS) is 10.6. The van der Waals surface area contributed by atoms with Crippen molar-refractivity contribution < 1.29 is 4.39 Å². The third-order valence-corrected chi connectivity index (χ3v) is 2.48. The topological polar surface area (TPSA) is 32.9 Å². The van der Waals surface area contributed by atoms with Crippen LogP contribution < -0.4 is 5.56 Å². The summed E-state index contributed by atoms with van der Waals surface area (Å²) < 4.78 is 13.9. The Balaban J connectivity index is 3.09. The summed E-state index contributed by atoms with van der Waals surface area (Å²) in [7, 11) is 0. The SMILES string of the molecule is O=c1[nH]cc(Br)c2cccc(F)c12. The van der Waals surface area contributed by atoms with E-state index in [-0.39, 0.29) is 5.39 Å². The van der Waals surface area contributed by atoms with Gasteiger partial charge in [0.15, 0.2) is 0 Å². The molecule has 66 valence electrons. The minimum absolute atomic E-state index is 0.0943. The minimum atomic E-state index is -0.500. The molecule has 0 atom stereocenters. The monoisotopic (exact) mass is 241 g/mol. The average Bonchev–Trinajstić information content (AvgIpc) is 2.12. The van der Waals surface area contributed by atoms with Crippen molar-refractivity contribution in [1.29, 1.82) is 0 Å². The predicted molar refractivity (Wildman–Crippen MR) is 52.2 cm³/mol. The van der Waals surface area contributed by atoms with E-state index in [0.29, 0.717) is 9.86 Å². The molecule has 2 rings (SSSR count). The Morgan fingerprint density at radius 1 is 1.38 bits per heavy atom. The van der Waals surface area contributed by atoms with E-state index in [1.807, 2.05) is 0 Å². The number of fused-ring (bicyclic) bond motifs is 1. The summed E-state index contributed by atoms with van der Waals surface area (Å²) in [6.45, 7) is 0. The van der Waals surface area contributed by atoms with Gasteiger partial charge in [-0.15, -0.1) is 0 Å². The van der Waals surface area contributed by atoms with Crippen molar-refractivity contribution in [3.8, 4) is 0 Å². The second-order valence-electron chi connectivity index (χ2n) is 2.63. The lowest BCUT2D eigenvalue weighted by Gasteiger charge is -1.99. The molecule has 0 amide bonds. The molecule has 2 aromatic rings. The van der Waals surface area contributed by atoms with Crippen LogP contribution in [0.15, 0.2) is 33.7 Å². The molecule has 0 saturated carbocycles. The predicted octanol–water partition coefficient (Wildman–Crippen LogP) is 2.43. The molecule has 0 aliphatic heterocycles. The third-order valence-electron chi connectivity index (χ3n) is 1.83. The highest BCUT2D eigenvalue weighted by molar-refractivity contribution is 9.10. The van der Waals surface area contributed by atoms with Crippen molar-refractivity contribution in [2.24, 2.45) is 0 Å². The van der Waals surface area contributed by atoms with E-state index in [4.69, 9.17) is 0 Å². The third kappa shape index (κ3) is 1.27. The van der Waals surface area contributed by atoms with E-state index in [2.05, 4.69) is 20.9 Å². The lowest BCUT2D eigenvalue weighted by atomic mass is 10.2. The Kier molecular flexibility index (Phi) is 1.92. The van der Waals surface area contributed by atoms with Gasteiger partial charge in [0, 0.05) is 16.1 Å². The number of aromatic amines is 1. The number of hydrogen-bond acceptors (Lipinski definition) is 1. The molecule has 13 heavy (non-hydrogen) atoms. The van der Waals surface area contributed by atoms with E-state index < -0.39 is 11.4 Å². The molecule has 0 fully saturated rings. The van der Waals surface area contributed by atoms with Gasteiger partial charge in [0.05, 0.1) is 5.39 Å². The lowest BCUT2D eigenvalue weighted by Crippen LogP contribution is -2.06. The standard InChI is InChI=1S/C9H5BrFNO/c10-6-4-12-9(13)8-5(6)2-1-3-7(8)11/h1-4H,(H,12,13). The quantitative estimate of drug-likeness (QED) is 0.756. The van der Waals surface area contributed by atoms with Crippen LogP contribution >= 0.6 is 15.9 Å². The Morgan fingerprint density at radius 3 is 2.85 bits per heavy atom. The zero-order chi connectivity index (χ0) is 9.42. The summed E-state index contributed by atoms with van der Waals surface area (Å²) in [5, 5.41) is 0.681. The van der Waals surface area contributed by atoms with Crippen molar-refractivity contribution in [1.82, 2.24) is 4.98 Å². The maximum atomic E-state index is 13.2. The summed E-state index contributed by atoms with van der Waals surface area (Å²) in [5.41, 5.74) is -0.406. The maximum Gasteiger partial charge on any atom is 0.258 e. The number of pyridine rings is 1. The minimum Gasteiger partial charge on any atom is -0.327 e. The van der Waals surface area contributed by atoms with E-state index in [9.17, 15) is 9.18 Å². The van der Waals surface area contributed by atoms with Crippen LogP contribution in [-0.4, -0.2) is 4.98 Å². The number of hydrogen-bond donors (Lipinski definition) is 1. The number of benzene rings is 1. The molecular weight excluding hydrogens is 237 g/mol. The Labute approximate surface area is 81.5 Å². The smallest absolute Gasteiger partial charge is 0.258 e. The lowest BCUT2D eigenvalue weighted by molar-refractivity contribution is 0.638. The Hall–Kier alpha value is -1.16. The van der Waals surface area contributed by atoms with Crippen molar-refractivity contribution in [2.45, 2.75) is 0 Å². The average molecular weight is 242 g/mol. The molecular formula is C9H5BrFNO. The van der Waals surface area contributed by atoms with Crippen LogP contribution in [0.2, 0.25) is 0 Å². The number of halogens is 2. The fourth-order valence-corrected chi connectivity index (χ4v) is 1.68. The van der Waals surface area contributed by atoms with E-state index in [1.54, 1.807) is 12.1 Å². The van der Waals surface area contributed by atoms with Crippen molar-refractivity contribution in [3.63, 3.8) is 0 Å². The molecule has 4 heteroatoms. The highest BCUT2D eigenvalue weighted by Gasteiger charge is 2.06. The van der Waals surface area contributed by atoms with Crippen LogP contribution in [0.25, 0.3) is 10.8 Å². The summed E-state index contributed by atoms with van der Waals surface area (Å²) in [6, 6.07) is 4.53. The molecule has 2 nitrogen and oxygen atoms in total. The van der Waals surface area contributed by atoms with Crippen LogP contribution in [-0.2, 0) is 0 Å².